The fourth-order valence-corrected chi connectivity index (χ4v) is 1.36. The van der Waals surface area contributed by atoms with Gasteiger partial charge in [0.2, 0.25) is 0 Å². The third-order valence-electron chi connectivity index (χ3n) is 2.21. The number of rotatable bonds is 5. The van der Waals surface area contributed by atoms with E-state index in [1.54, 1.807) is 0 Å². The van der Waals surface area contributed by atoms with Crippen LogP contribution in [-0.4, -0.2) is 24.7 Å². The predicted octanol–water partition coefficient (Wildman–Crippen LogP) is 2.08. The Morgan fingerprint density at radius 2 is 2.13 bits per heavy atom. The molecular formula is C12H20N2O. The van der Waals surface area contributed by atoms with E-state index in [9.17, 15) is 0 Å². The third kappa shape index (κ3) is 3.98. The zero-order chi connectivity index (χ0) is 11.3. The molecule has 1 unspecified atom stereocenters. The van der Waals surface area contributed by atoms with Gasteiger partial charge >= 0.3 is 0 Å². The molecule has 0 bridgehead atoms. The van der Waals surface area contributed by atoms with Crippen molar-refractivity contribution in [1.29, 1.82) is 0 Å². The highest BCUT2D eigenvalue weighted by Crippen LogP contribution is 2.11. The standard InChI is InChI=1S/C12H20N2O/c1-9(2)15-8-12(13-4)11-7-5-6-10(3)14-11/h5-7,9,12-13H,8H2,1-4H3. The van der Waals surface area contributed by atoms with Crippen molar-refractivity contribution < 1.29 is 4.74 Å². The summed E-state index contributed by atoms with van der Waals surface area (Å²) in [5, 5.41) is 3.21. The van der Waals surface area contributed by atoms with E-state index in [4.69, 9.17) is 4.74 Å². The van der Waals surface area contributed by atoms with Crippen LogP contribution in [0.1, 0.15) is 31.3 Å². The minimum absolute atomic E-state index is 0.173. The van der Waals surface area contributed by atoms with Gasteiger partial charge in [0.1, 0.15) is 0 Å². The molecule has 1 heterocycles. The number of aryl methyl sites for hydroxylation is 1. The van der Waals surface area contributed by atoms with Crippen molar-refractivity contribution in [3.05, 3.63) is 29.6 Å². The first-order valence-electron chi connectivity index (χ1n) is 5.36. The number of hydrogen-bond donors (Lipinski definition) is 1. The fourth-order valence-electron chi connectivity index (χ4n) is 1.36. The normalized spacial score (nSPS) is 13.1. The van der Waals surface area contributed by atoms with Crippen molar-refractivity contribution in [1.82, 2.24) is 10.3 Å². The summed E-state index contributed by atoms with van der Waals surface area (Å²) in [6.07, 6.45) is 0.255. The Morgan fingerprint density at radius 1 is 1.40 bits per heavy atom. The highest BCUT2D eigenvalue weighted by molar-refractivity contribution is 5.13. The molecule has 15 heavy (non-hydrogen) atoms. The fraction of sp³-hybridized carbons (Fsp3) is 0.583. The maximum absolute atomic E-state index is 5.59. The summed E-state index contributed by atoms with van der Waals surface area (Å²) in [4.78, 5) is 4.48. The van der Waals surface area contributed by atoms with E-state index >= 15 is 0 Å². The van der Waals surface area contributed by atoms with Gasteiger partial charge in [0.15, 0.2) is 0 Å². The molecule has 1 rings (SSSR count). The zero-order valence-corrected chi connectivity index (χ0v) is 9.95. The second kappa shape index (κ2) is 5.83. The molecule has 0 radical (unpaired) electrons. The Labute approximate surface area is 91.9 Å². The molecule has 0 aliphatic rings. The zero-order valence-electron chi connectivity index (χ0n) is 9.95. The van der Waals surface area contributed by atoms with E-state index in [0.717, 1.165) is 11.4 Å². The van der Waals surface area contributed by atoms with Gasteiger partial charge in [0.05, 0.1) is 24.4 Å². The first-order chi connectivity index (χ1) is 7.13. The number of hydrogen-bond acceptors (Lipinski definition) is 3. The van der Waals surface area contributed by atoms with Gasteiger partial charge in [-0.3, -0.25) is 4.98 Å². The van der Waals surface area contributed by atoms with Gasteiger partial charge in [-0.1, -0.05) is 6.07 Å². The van der Waals surface area contributed by atoms with Crippen molar-refractivity contribution in [2.24, 2.45) is 0 Å². The lowest BCUT2D eigenvalue weighted by atomic mass is 10.2. The van der Waals surface area contributed by atoms with Gasteiger partial charge < -0.3 is 10.1 Å². The summed E-state index contributed by atoms with van der Waals surface area (Å²) >= 11 is 0. The van der Waals surface area contributed by atoms with Gasteiger partial charge in [0.25, 0.3) is 0 Å². The molecule has 1 aromatic heterocycles. The Morgan fingerprint density at radius 3 is 2.67 bits per heavy atom. The van der Waals surface area contributed by atoms with Crippen LogP contribution in [0.25, 0.3) is 0 Å². The average Bonchev–Trinajstić information content (AvgIpc) is 2.18. The van der Waals surface area contributed by atoms with Crippen LogP contribution < -0.4 is 5.32 Å². The molecular weight excluding hydrogens is 188 g/mol. The summed E-state index contributed by atoms with van der Waals surface area (Å²) in [6.45, 7) is 6.73. The Kier molecular flexibility index (Phi) is 4.72. The van der Waals surface area contributed by atoms with Crippen molar-refractivity contribution in [3.8, 4) is 0 Å². The second-order valence-corrected chi connectivity index (χ2v) is 3.93. The molecule has 0 fully saturated rings. The maximum atomic E-state index is 5.59. The van der Waals surface area contributed by atoms with E-state index in [2.05, 4.69) is 10.3 Å². The highest BCUT2D eigenvalue weighted by Gasteiger charge is 2.11. The molecule has 3 nitrogen and oxygen atoms in total. The van der Waals surface area contributed by atoms with E-state index < -0.39 is 0 Å². The number of pyridine rings is 1. The quantitative estimate of drug-likeness (QED) is 0.804. The van der Waals surface area contributed by atoms with Crippen molar-refractivity contribution in [2.45, 2.75) is 32.9 Å². The van der Waals surface area contributed by atoms with Crippen LogP contribution in [0.4, 0.5) is 0 Å². The van der Waals surface area contributed by atoms with Gasteiger partial charge in [-0.25, -0.2) is 0 Å². The number of nitrogens with one attached hydrogen (secondary N) is 1. The lowest BCUT2D eigenvalue weighted by Gasteiger charge is -2.17. The molecule has 84 valence electrons. The molecule has 1 atom stereocenters. The van der Waals surface area contributed by atoms with Crippen LogP contribution in [0.2, 0.25) is 0 Å². The topological polar surface area (TPSA) is 34.1 Å². The van der Waals surface area contributed by atoms with Crippen LogP contribution >= 0.6 is 0 Å². The minimum Gasteiger partial charge on any atom is -0.377 e. The van der Waals surface area contributed by atoms with Gasteiger partial charge in [0, 0.05) is 5.69 Å². The van der Waals surface area contributed by atoms with Crippen LogP contribution in [0.15, 0.2) is 18.2 Å². The van der Waals surface area contributed by atoms with Crippen molar-refractivity contribution >= 4 is 0 Å². The lowest BCUT2D eigenvalue weighted by Crippen LogP contribution is -2.24. The van der Waals surface area contributed by atoms with E-state index in [1.165, 1.54) is 0 Å². The molecule has 0 aliphatic carbocycles. The van der Waals surface area contributed by atoms with Gasteiger partial charge in [-0.2, -0.15) is 0 Å². The summed E-state index contributed by atoms with van der Waals surface area (Å²) < 4.78 is 5.59. The summed E-state index contributed by atoms with van der Waals surface area (Å²) in [7, 11) is 1.93. The SMILES string of the molecule is CNC(COC(C)C)c1cccc(C)n1. The van der Waals surface area contributed by atoms with Crippen molar-refractivity contribution in [2.75, 3.05) is 13.7 Å². The highest BCUT2D eigenvalue weighted by atomic mass is 16.5. The van der Waals surface area contributed by atoms with Crippen LogP contribution in [-0.2, 0) is 4.74 Å². The second-order valence-electron chi connectivity index (χ2n) is 3.93. The monoisotopic (exact) mass is 208 g/mol. The maximum Gasteiger partial charge on any atom is 0.0730 e. The smallest absolute Gasteiger partial charge is 0.0730 e. The van der Waals surface area contributed by atoms with E-state index in [-0.39, 0.29) is 12.1 Å². The molecule has 0 saturated heterocycles. The summed E-state index contributed by atoms with van der Waals surface area (Å²) in [6, 6.07) is 6.22. The summed E-state index contributed by atoms with van der Waals surface area (Å²) in [5.74, 6) is 0. The number of ether oxygens (including phenoxy) is 1. The summed E-state index contributed by atoms with van der Waals surface area (Å²) in [5.41, 5.74) is 2.08. The number of nitrogens with zero attached hydrogens (tertiary/aromatic N) is 1. The molecule has 0 spiro atoms. The third-order valence-corrected chi connectivity index (χ3v) is 2.21. The van der Waals surface area contributed by atoms with Gasteiger partial charge in [-0.15, -0.1) is 0 Å². The molecule has 3 heteroatoms. The molecule has 1 aromatic rings. The Balaban J connectivity index is 2.65. The predicted molar refractivity (Wildman–Crippen MR) is 61.9 cm³/mol. The molecule has 0 aliphatic heterocycles. The number of aromatic nitrogens is 1. The Bertz CT molecular complexity index is 299. The lowest BCUT2D eigenvalue weighted by molar-refractivity contribution is 0.0618. The average molecular weight is 208 g/mol. The van der Waals surface area contributed by atoms with Crippen LogP contribution in [0.3, 0.4) is 0 Å². The van der Waals surface area contributed by atoms with E-state index in [1.807, 2.05) is 46.0 Å². The van der Waals surface area contributed by atoms with Crippen molar-refractivity contribution in [3.63, 3.8) is 0 Å². The first-order valence-corrected chi connectivity index (χ1v) is 5.36. The van der Waals surface area contributed by atoms with Crippen LogP contribution in [0, 0.1) is 6.92 Å². The van der Waals surface area contributed by atoms with E-state index in [0.29, 0.717) is 6.61 Å². The molecule has 0 aromatic carbocycles. The molecule has 0 amide bonds. The molecule has 0 saturated carbocycles. The Hall–Kier alpha value is -0.930. The molecule has 1 N–H and O–H groups in total. The largest absolute Gasteiger partial charge is 0.377 e. The van der Waals surface area contributed by atoms with Crippen LogP contribution in [0.5, 0.6) is 0 Å². The first kappa shape index (κ1) is 12.1. The minimum atomic E-state index is 0.173. The van der Waals surface area contributed by atoms with Gasteiger partial charge in [-0.05, 0) is 40.0 Å². The number of likely N-dealkylation sites (N-methyl/N-ethyl adjacent to an activating group) is 1.